The summed E-state index contributed by atoms with van der Waals surface area (Å²) in [4.78, 5) is 13.0. The van der Waals surface area contributed by atoms with E-state index in [-0.39, 0.29) is 11.5 Å². The number of halogens is 3. The molecule has 0 unspecified atom stereocenters. The van der Waals surface area contributed by atoms with Crippen molar-refractivity contribution in [3.8, 4) is 5.75 Å². The maximum atomic E-state index is 12.0. The normalized spacial score (nSPS) is 15.8. The van der Waals surface area contributed by atoms with Gasteiger partial charge in [-0.15, -0.1) is 13.2 Å². The molecule has 1 heterocycles. The third-order valence-electron chi connectivity index (χ3n) is 2.95. The van der Waals surface area contributed by atoms with Gasteiger partial charge in [-0.05, 0) is 36.5 Å². The molecule has 21 heavy (non-hydrogen) atoms. The summed E-state index contributed by atoms with van der Waals surface area (Å²) in [6.07, 6.45) is -3.79. The lowest BCUT2D eigenvalue weighted by Crippen LogP contribution is -2.40. The number of ether oxygens (including phenoxy) is 1. The van der Waals surface area contributed by atoms with E-state index in [2.05, 4.69) is 10.1 Å². The number of rotatable bonds is 2. The van der Waals surface area contributed by atoms with Gasteiger partial charge in [0, 0.05) is 31.6 Å². The Morgan fingerprint density at radius 2 is 1.76 bits per heavy atom. The second-order valence-electron chi connectivity index (χ2n) is 4.53. The van der Waals surface area contributed by atoms with Gasteiger partial charge >= 0.3 is 6.36 Å². The smallest absolute Gasteiger partial charge is 0.406 e. The fraction of sp³-hybridized carbons (Fsp3) is 0.385. The number of hydrogen-bond acceptors (Lipinski definition) is 3. The summed E-state index contributed by atoms with van der Waals surface area (Å²) in [5.41, 5.74) is 0.562. The van der Waals surface area contributed by atoms with Crippen LogP contribution in [0.5, 0.6) is 5.75 Å². The van der Waals surface area contributed by atoms with Crippen molar-refractivity contribution in [3.63, 3.8) is 0 Å². The molecule has 0 amide bonds. The Labute approximate surface area is 124 Å². The van der Waals surface area contributed by atoms with Crippen molar-refractivity contribution in [1.82, 2.24) is 4.90 Å². The van der Waals surface area contributed by atoms with Crippen molar-refractivity contribution < 1.29 is 22.7 Å². The second kappa shape index (κ2) is 6.30. The molecular formula is C13H13F3N2O2S. The van der Waals surface area contributed by atoms with Crippen LogP contribution in [0.3, 0.4) is 0 Å². The van der Waals surface area contributed by atoms with Gasteiger partial charge in [0.25, 0.3) is 0 Å². The molecule has 0 atom stereocenters. The molecule has 2 rings (SSSR count). The first-order valence-electron chi connectivity index (χ1n) is 6.27. The molecule has 114 valence electrons. The Bertz CT molecular complexity index is 521. The molecule has 0 aliphatic carbocycles. The van der Waals surface area contributed by atoms with Crippen molar-refractivity contribution >= 4 is 28.8 Å². The highest BCUT2D eigenvalue weighted by atomic mass is 32.1. The molecule has 8 heteroatoms. The third-order valence-corrected chi connectivity index (χ3v) is 3.31. The number of carbonyl (C=O) groups excluding carboxylic acids is 1. The number of nitrogens with zero attached hydrogens (tertiary/aromatic N) is 1. The minimum absolute atomic E-state index is 0.211. The van der Waals surface area contributed by atoms with E-state index in [1.165, 1.54) is 24.3 Å². The molecular weight excluding hydrogens is 305 g/mol. The molecule has 0 bridgehead atoms. The number of ketones is 1. The van der Waals surface area contributed by atoms with Crippen molar-refractivity contribution in [2.45, 2.75) is 19.2 Å². The molecule has 1 aliphatic rings. The molecule has 1 saturated heterocycles. The van der Waals surface area contributed by atoms with Gasteiger partial charge in [-0.2, -0.15) is 0 Å². The van der Waals surface area contributed by atoms with Crippen LogP contribution in [0, 0.1) is 0 Å². The van der Waals surface area contributed by atoms with Crippen LogP contribution >= 0.6 is 12.2 Å². The number of likely N-dealkylation sites (tertiary alicyclic amines) is 1. The zero-order valence-electron chi connectivity index (χ0n) is 10.9. The SMILES string of the molecule is O=C1CCN(C(=S)Nc2ccc(OC(F)(F)F)cc2)CC1. The highest BCUT2D eigenvalue weighted by molar-refractivity contribution is 7.80. The van der Waals surface area contributed by atoms with Crippen LogP contribution in [0.2, 0.25) is 0 Å². The summed E-state index contributed by atoms with van der Waals surface area (Å²) in [7, 11) is 0. The first kappa shape index (κ1) is 15.6. The molecule has 1 fully saturated rings. The summed E-state index contributed by atoms with van der Waals surface area (Å²) in [6, 6.07) is 5.31. The van der Waals surface area contributed by atoms with Gasteiger partial charge in [0.15, 0.2) is 5.11 Å². The van der Waals surface area contributed by atoms with E-state index in [0.717, 1.165) is 0 Å². The van der Waals surface area contributed by atoms with Gasteiger partial charge in [0.2, 0.25) is 0 Å². The van der Waals surface area contributed by atoms with Gasteiger partial charge in [-0.1, -0.05) is 0 Å². The van der Waals surface area contributed by atoms with Crippen LogP contribution in [0.25, 0.3) is 0 Å². The van der Waals surface area contributed by atoms with Crippen molar-refractivity contribution in [2.75, 3.05) is 18.4 Å². The molecule has 4 nitrogen and oxygen atoms in total. The molecule has 1 aliphatic heterocycles. The van der Waals surface area contributed by atoms with Crippen molar-refractivity contribution in [1.29, 1.82) is 0 Å². The largest absolute Gasteiger partial charge is 0.573 e. The van der Waals surface area contributed by atoms with Gasteiger partial charge in [-0.3, -0.25) is 4.79 Å². The number of hydrogen-bond donors (Lipinski definition) is 1. The first-order chi connectivity index (χ1) is 9.83. The Hall–Kier alpha value is -1.83. The van der Waals surface area contributed by atoms with E-state index in [0.29, 0.717) is 36.7 Å². The average Bonchev–Trinajstić information content (AvgIpc) is 2.40. The summed E-state index contributed by atoms with van der Waals surface area (Å²) in [5.74, 6) is -0.0785. The molecule has 0 saturated carbocycles. The topological polar surface area (TPSA) is 41.6 Å². The fourth-order valence-electron chi connectivity index (χ4n) is 1.90. The van der Waals surface area contributed by atoms with Crippen molar-refractivity contribution in [2.24, 2.45) is 0 Å². The van der Waals surface area contributed by atoms with Crippen LogP contribution in [-0.4, -0.2) is 35.2 Å². The first-order valence-corrected chi connectivity index (χ1v) is 6.68. The van der Waals surface area contributed by atoms with E-state index < -0.39 is 6.36 Å². The van der Waals surface area contributed by atoms with Crippen LogP contribution in [0.1, 0.15) is 12.8 Å². The number of alkyl halides is 3. The molecule has 0 spiro atoms. The third kappa shape index (κ3) is 4.89. The van der Waals surface area contributed by atoms with E-state index in [9.17, 15) is 18.0 Å². The zero-order chi connectivity index (χ0) is 15.5. The minimum atomic E-state index is -4.70. The highest BCUT2D eigenvalue weighted by Crippen LogP contribution is 2.24. The number of carbonyl (C=O) groups is 1. The number of nitrogens with one attached hydrogen (secondary N) is 1. The lowest BCUT2D eigenvalue weighted by Gasteiger charge is -2.28. The minimum Gasteiger partial charge on any atom is -0.406 e. The van der Waals surface area contributed by atoms with Gasteiger partial charge in [0.05, 0.1) is 0 Å². The molecule has 1 N–H and O–H groups in total. The van der Waals surface area contributed by atoms with Gasteiger partial charge < -0.3 is 15.0 Å². The highest BCUT2D eigenvalue weighted by Gasteiger charge is 2.31. The standard InChI is InChI=1S/C13H13F3N2O2S/c14-13(15,16)20-11-3-1-9(2-4-11)17-12(21)18-7-5-10(19)6-8-18/h1-4H,5-8H2,(H,17,21). The summed E-state index contributed by atoms with van der Waals surface area (Å²) < 4.78 is 39.9. The van der Waals surface area contributed by atoms with Crippen LogP contribution in [-0.2, 0) is 4.79 Å². The van der Waals surface area contributed by atoms with E-state index in [4.69, 9.17) is 12.2 Å². The van der Waals surface area contributed by atoms with Crippen LogP contribution < -0.4 is 10.1 Å². The average molecular weight is 318 g/mol. The maximum absolute atomic E-state index is 12.0. The quantitative estimate of drug-likeness (QED) is 0.849. The van der Waals surface area contributed by atoms with Crippen molar-refractivity contribution in [3.05, 3.63) is 24.3 Å². The number of anilines is 1. The number of piperidine rings is 1. The fourth-order valence-corrected chi connectivity index (χ4v) is 2.20. The molecule has 1 aromatic rings. The van der Waals surface area contributed by atoms with Gasteiger partial charge in [-0.25, -0.2) is 0 Å². The van der Waals surface area contributed by atoms with E-state index >= 15 is 0 Å². The predicted molar refractivity (Wildman–Crippen MR) is 75.2 cm³/mol. The van der Waals surface area contributed by atoms with Gasteiger partial charge in [0.1, 0.15) is 11.5 Å². The molecule has 0 radical (unpaired) electrons. The molecule has 0 aromatic heterocycles. The van der Waals surface area contributed by atoms with Crippen LogP contribution in [0.4, 0.5) is 18.9 Å². The Balaban J connectivity index is 1.91. The lowest BCUT2D eigenvalue weighted by atomic mass is 10.1. The summed E-state index contributed by atoms with van der Waals surface area (Å²) in [5, 5.41) is 3.38. The number of thiocarbonyl (C=S) groups is 1. The van der Waals surface area contributed by atoms with Crippen LogP contribution in [0.15, 0.2) is 24.3 Å². The second-order valence-corrected chi connectivity index (χ2v) is 4.91. The Morgan fingerprint density at radius 3 is 2.29 bits per heavy atom. The van der Waals surface area contributed by atoms with E-state index in [1.807, 2.05) is 4.90 Å². The Kier molecular flexibility index (Phi) is 4.66. The van der Waals surface area contributed by atoms with E-state index in [1.54, 1.807) is 0 Å². The summed E-state index contributed by atoms with van der Waals surface area (Å²) >= 11 is 5.21. The zero-order valence-corrected chi connectivity index (χ0v) is 11.8. The molecule has 1 aromatic carbocycles. The summed E-state index contributed by atoms with van der Waals surface area (Å²) in [6.45, 7) is 1.11. The maximum Gasteiger partial charge on any atom is 0.573 e. The Morgan fingerprint density at radius 1 is 1.19 bits per heavy atom. The number of Topliss-reactive ketones (excluding diaryl/α,β-unsaturated/α-hetero) is 1. The monoisotopic (exact) mass is 318 g/mol. The lowest BCUT2D eigenvalue weighted by molar-refractivity contribution is -0.274. The predicted octanol–water partition coefficient (Wildman–Crippen LogP) is 2.95. The number of benzene rings is 1.